The molecule has 0 saturated heterocycles. The largest absolute Gasteiger partial charge is 0.500 e. The summed E-state index contributed by atoms with van der Waals surface area (Å²) < 4.78 is 17.6. The molecular formula is C19H42N2O3Si. The fourth-order valence-corrected chi connectivity index (χ4v) is 5.33. The van der Waals surface area contributed by atoms with Crippen LogP contribution in [-0.2, 0) is 13.3 Å². The Morgan fingerprint density at radius 2 is 1.44 bits per heavy atom. The summed E-state index contributed by atoms with van der Waals surface area (Å²) in [5, 5.41) is 3.44. The van der Waals surface area contributed by atoms with Crippen molar-refractivity contribution in [1.29, 1.82) is 0 Å². The van der Waals surface area contributed by atoms with E-state index in [1.807, 2.05) is 20.8 Å². The van der Waals surface area contributed by atoms with Crippen molar-refractivity contribution in [1.82, 2.24) is 5.32 Å². The zero-order valence-electron chi connectivity index (χ0n) is 17.1. The predicted molar refractivity (Wildman–Crippen MR) is 110 cm³/mol. The first kappa shape index (κ1) is 24.7. The summed E-state index contributed by atoms with van der Waals surface area (Å²) in [4.78, 5) is 4.47. The van der Waals surface area contributed by atoms with E-state index in [0.717, 1.165) is 38.5 Å². The highest BCUT2D eigenvalue weighted by molar-refractivity contribution is 6.60. The van der Waals surface area contributed by atoms with Gasteiger partial charge in [-0.1, -0.05) is 32.6 Å². The second-order valence-corrected chi connectivity index (χ2v) is 8.86. The third-order valence-electron chi connectivity index (χ3n) is 3.91. The lowest BCUT2D eigenvalue weighted by atomic mass is 10.1. The second-order valence-electron chi connectivity index (χ2n) is 6.13. The summed E-state index contributed by atoms with van der Waals surface area (Å²) in [5.41, 5.74) is 0. The summed E-state index contributed by atoms with van der Waals surface area (Å²) in [6.45, 7) is 12.9. The minimum atomic E-state index is -2.47. The fraction of sp³-hybridized carbons (Fsp3) is 0.947. The van der Waals surface area contributed by atoms with E-state index in [1.54, 1.807) is 0 Å². The summed E-state index contributed by atoms with van der Waals surface area (Å²) in [6.07, 6.45) is 10.9. The third-order valence-corrected chi connectivity index (χ3v) is 7.06. The molecule has 0 spiro atoms. The Labute approximate surface area is 157 Å². The average molecular weight is 375 g/mol. The highest BCUT2D eigenvalue weighted by atomic mass is 28.4. The van der Waals surface area contributed by atoms with Crippen LogP contribution in [0.1, 0.15) is 72.6 Å². The van der Waals surface area contributed by atoms with Crippen molar-refractivity contribution in [2.45, 2.75) is 78.7 Å². The van der Waals surface area contributed by atoms with Gasteiger partial charge in [0.15, 0.2) is 0 Å². The van der Waals surface area contributed by atoms with Crippen LogP contribution in [0.2, 0.25) is 6.04 Å². The van der Waals surface area contributed by atoms with Crippen LogP contribution < -0.4 is 5.32 Å². The summed E-state index contributed by atoms with van der Waals surface area (Å²) in [6, 6.07) is 0.872. The molecule has 0 aromatic rings. The number of unbranched alkanes of at least 4 members (excludes halogenated alkanes) is 5. The molecule has 6 heteroatoms. The lowest BCUT2D eigenvalue weighted by Crippen LogP contribution is -2.46. The molecule has 25 heavy (non-hydrogen) atoms. The van der Waals surface area contributed by atoms with Crippen LogP contribution in [0.5, 0.6) is 0 Å². The molecule has 0 bridgehead atoms. The molecule has 0 amide bonds. The normalized spacial score (nSPS) is 12.3. The topological polar surface area (TPSA) is 52.1 Å². The van der Waals surface area contributed by atoms with Crippen LogP contribution in [-0.4, -0.2) is 54.5 Å². The van der Waals surface area contributed by atoms with Crippen molar-refractivity contribution in [3.63, 3.8) is 0 Å². The van der Waals surface area contributed by atoms with Crippen molar-refractivity contribution in [3.8, 4) is 0 Å². The maximum absolute atomic E-state index is 5.86. The second kappa shape index (κ2) is 18.5. The van der Waals surface area contributed by atoms with E-state index in [1.165, 1.54) is 32.1 Å². The van der Waals surface area contributed by atoms with Gasteiger partial charge in [-0.2, -0.15) is 0 Å². The van der Waals surface area contributed by atoms with Gasteiger partial charge in [0.2, 0.25) is 0 Å². The molecule has 0 heterocycles. The Morgan fingerprint density at radius 3 is 2.04 bits per heavy atom. The van der Waals surface area contributed by atoms with Crippen LogP contribution in [0.3, 0.4) is 0 Å². The molecule has 0 aliphatic rings. The van der Waals surface area contributed by atoms with Gasteiger partial charge < -0.3 is 18.6 Å². The molecule has 1 N–H and O–H groups in total. The number of nitrogens with zero attached hydrogens (tertiary/aromatic N) is 1. The zero-order chi connectivity index (χ0) is 18.6. The van der Waals surface area contributed by atoms with E-state index in [2.05, 4.69) is 23.4 Å². The van der Waals surface area contributed by atoms with E-state index in [9.17, 15) is 0 Å². The SMILES string of the molecule is CCCCCCCC=NCCNCCC[Si](OCC)(OCC)OCC. The molecule has 0 rings (SSSR count). The van der Waals surface area contributed by atoms with Gasteiger partial charge in [-0.3, -0.25) is 4.99 Å². The maximum Gasteiger partial charge on any atom is 0.500 e. The highest BCUT2D eigenvalue weighted by Gasteiger charge is 2.39. The smallest absolute Gasteiger partial charge is 0.374 e. The van der Waals surface area contributed by atoms with Crippen LogP contribution in [0.4, 0.5) is 0 Å². The molecular weight excluding hydrogens is 332 g/mol. The first-order valence-corrected chi connectivity index (χ1v) is 12.3. The van der Waals surface area contributed by atoms with Gasteiger partial charge in [-0.05, 0) is 52.8 Å². The number of aliphatic imine (C=N–C) groups is 1. The molecule has 0 radical (unpaired) electrons. The van der Waals surface area contributed by atoms with Crippen LogP contribution in [0.25, 0.3) is 0 Å². The summed E-state index contributed by atoms with van der Waals surface area (Å²) in [5.74, 6) is 0. The van der Waals surface area contributed by atoms with Crippen molar-refractivity contribution in [2.75, 3.05) is 39.5 Å². The minimum Gasteiger partial charge on any atom is -0.374 e. The maximum atomic E-state index is 5.86. The minimum absolute atomic E-state index is 0.646. The number of rotatable bonds is 19. The predicted octanol–water partition coefficient (Wildman–Crippen LogP) is 4.45. The van der Waals surface area contributed by atoms with Gasteiger partial charge >= 0.3 is 8.80 Å². The standard InChI is InChI=1S/C19H42N2O3Si/c1-5-9-10-11-12-13-15-20-17-18-21-16-14-19-25(22-6-2,23-7-3)24-8-4/h15,21H,5-14,16-19H2,1-4H3. The van der Waals surface area contributed by atoms with Crippen molar-refractivity contribution in [2.24, 2.45) is 4.99 Å². The first-order valence-electron chi connectivity index (χ1n) is 10.4. The Hall–Kier alpha value is -0.273. The molecule has 0 aromatic carbocycles. The van der Waals surface area contributed by atoms with Gasteiger partial charge in [-0.25, -0.2) is 0 Å². The Balaban J connectivity index is 3.68. The Bertz CT molecular complexity index is 287. The third kappa shape index (κ3) is 14.6. The molecule has 5 nitrogen and oxygen atoms in total. The number of nitrogens with one attached hydrogen (secondary N) is 1. The fourth-order valence-electron chi connectivity index (χ4n) is 2.72. The average Bonchev–Trinajstić information content (AvgIpc) is 2.60. The van der Waals surface area contributed by atoms with Crippen molar-refractivity contribution < 1.29 is 13.3 Å². The van der Waals surface area contributed by atoms with Crippen LogP contribution >= 0.6 is 0 Å². The van der Waals surface area contributed by atoms with Gasteiger partial charge in [0, 0.05) is 32.4 Å². The monoisotopic (exact) mass is 374 g/mol. The molecule has 0 aliphatic heterocycles. The van der Waals surface area contributed by atoms with Crippen LogP contribution in [0, 0.1) is 0 Å². The first-order chi connectivity index (χ1) is 12.2. The summed E-state index contributed by atoms with van der Waals surface area (Å²) in [7, 11) is -2.47. The van der Waals surface area contributed by atoms with Gasteiger partial charge in [0.1, 0.15) is 0 Å². The van der Waals surface area contributed by atoms with E-state index in [4.69, 9.17) is 13.3 Å². The molecule has 0 aromatic heterocycles. The van der Waals surface area contributed by atoms with Gasteiger partial charge in [0.25, 0.3) is 0 Å². The zero-order valence-corrected chi connectivity index (χ0v) is 18.1. The molecule has 0 aliphatic carbocycles. The molecule has 0 fully saturated rings. The van der Waals surface area contributed by atoms with E-state index in [0.29, 0.717) is 19.8 Å². The van der Waals surface area contributed by atoms with E-state index < -0.39 is 8.80 Å². The van der Waals surface area contributed by atoms with Gasteiger partial charge in [-0.15, -0.1) is 0 Å². The lowest BCUT2D eigenvalue weighted by molar-refractivity contribution is 0.0708. The molecule has 0 saturated carbocycles. The Kier molecular flexibility index (Phi) is 18.3. The molecule has 150 valence electrons. The van der Waals surface area contributed by atoms with Crippen molar-refractivity contribution >= 4 is 15.0 Å². The van der Waals surface area contributed by atoms with Crippen molar-refractivity contribution in [3.05, 3.63) is 0 Å². The van der Waals surface area contributed by atoms with E-state index in [-0.39, 0.29) is 0 Å². The number of hydrogen-bond acceptors (Lipinski definition) is 5. The number of hydrogen-bond donors (Lipinski definition) is 1. The summed E-state index contributed by atoms with van der Waals surface area (Å²) >= 11 is 0. The molecule has 0 atom stereocenters. The quantitative estimate of drug-likeness (QED) is 0.206. The van der Waals surface area contributed by atoms with E-state index >= 15 is 0 Å². The molecule has 0 unspecified atom stereocenters. The van der Waals surface area contributed by atoms with Crippen LogP contribution in [0.15, 0.2) is 4.99 Å². The Morgan fingerprint density at radius 1 is 0.800 bits per heavy atom. The highest BCUT2D eigenvalue weighted by Crippen LogP contribution is 2.17. The van der Waals surface area contributed by atoms with Gasteiger partial charge in [0.05, 0.1) is 6.54 Å². The lowest BCUT2D eigenvalue weighted by Gasteiger charge is -2.28.